The summed E-state index contributed by atoms with van der Waals surface area (Å²) in [6.45, 7) is 4.16. The van der Waals surface area contributed by atoms with Crippen LogP contribution in [0.15, 0.2) is 66.2 Å². The van der Waals surface area contributed by atoms with Gasteiger partial charge in [0.05, 0.1) is 5.69 Å². The van der Waals surface area contributed by atoms with Gasteiger partial charge in [0.2, 0.25) is 15.9 Å². The number of nitrogens with zero attached hydrogens (tertiary/aromatic N) is 2. The number of benzene rings is 1. The van der Waals surface area contributed by atoms with Crippen LogP contribution in [0.4, 0.5) is 0 Å². The minimum absolute atomic E-state index is 0.0227. The van der Waals surface area contributed by atoms with Crippen LogP contribution in [0.3, 0.4) is 0 Å². The number of carbonyl (C=O) groups is 1. The summed E-state index contributed by atoms with van der Waals surface area (Å²) in [4.78, 5) is 15.8. The number of rotatable bonds is 5. The van der Waals surface area contributed by atoms with Crippen LogP contribution in [0.5, 0.6) is 0 Å². The van der Waals surface area contributed by atoms with E-state index in [0.29, 0.717) is 25.9 Å². The van der Waals surface area contributed by atoms with Crippen LogP contribution in [0, 0.1) is 0 Å². The molecule has 1 aromatic carbocycles. The Hall–Kier alpha value is -2.51. The van der Waals surface area contributed by atoms with E-state index in [4.69, 9.17) is 0 Å². The van der Waals surface area contributed by atoms with Gasteiger partial charge in [-0.15, -0.1) is 0 Å². The Morgan fingerprint density at radius 1 is 1.15 bits per heavy atom. The molecule has 1 N–H and O–H groups in total. The molecule has 26 heavy (non-hydrogen) atoms. The van der Waals surface area contributed by atoms with E-state index in [2.05, 4.69) is 16.9 Å². The molecule has 1 aliphatic rings. The van der Waals surface area contributed by atoms with E-state index in [1.165, 1.54) is 16.6 Å². The van der Waals surface area contributed by atoms with Gasteiger partial charge in [0.1, 0.15) is 4.90 Å². The number of amides is 1. The van der Waals surface area contributed by atoms with Crippen LogP contribution >= 0.6 is 0 Å². The zero-order chi connectivity index (χ0) is 18.6. The number of hydrogen-bond donors (Lipinski definition) is 1. The predicted octanol–water partition coefficient (Wildman–Crippen LogP) is 2.20. The van der Waals surface area contributed by atoms with E-state index >= 15 is 0 Å². The molecule has 1 amide bonds. The van der Waals surface area contributed by atoms with Crippen molar-refractivity contribution < 1.29 is 13.2 Å². The van der Waals surface area contributed by atoms with Crippen LogP contribution in [0.1, 0.15) is 12.8 Å². The van der Waals surface area contributed by atoms with Gasteiger partial charge in [-0.1, -0.05) is 36.9 Å². The lowest BCUT2D eigenvalue weighted by molar-refractivity contribution is -0.117. The molecule has 0 aliphatic carbocycles. The largest absolute Gasteiger partial charge is 0.350 e. The van der Waals surface area contributed by atoms with Crippen molar-refractivity contribution in [3.05, 3.63) is 61.3 Å². The Balaban J connectivity index is 1.69. The molecule has 1 aliphatic heterocycles. The summed E-state index contributed by atoms with van der Waals surface area (Å²) in [5.74, 6) is -0.230. The molecule has 0 unspecified atom stereocenters. The first kappa shape index (κ1) is 18.3. The molecule has 0 atom stereocenters. The Labute approximate surface area is 153 Å². The molecule has 1 aromatic heterocycles. The number of aromatic nitrogens is 1. The van der Waals surface area contributed by atoms with Gasteiger partial charge in [0, 0.05) is 30.9 Å². The van der Waals surface area contributed by atoms with Gasteiger partial charge in [-0.25, -0.2) is 8.42 Å². The number of nitrogens with one attached hydrogen (secondary N) is 1. The first-order chi connectivity index (χ1) is 12.5. The zero-order valence-electron chi connectivity index (χ0n) is 14.3. The number of hydrogen-bond acceptors (Lipinski definition) is 4. The molecule has 0 saturated carbocycles. The predicted molar refractivity (Wildman–Crippen MR) is 99.8 cm³/mol. The molecule has 1 saturated heterocycles. The van der Waals surface area contributed by atoms with Crippen molar-refractivity contribution in [1.82, 2.24) is 14.6 Å². The lowest BCUT2D eigenvalue weighted by Gasteiger charge is -2.31. The highest BCUT2D eigenvalue weighted by atomic mass is 32.2. The normalized spacial score (nSPS) is 16.2. The monoisotopic (exact) mass is 371 g/mol. The van der Waals surface area contributed by atoms with Gasteiger partial charge in [-0.05, 0) is 31.1 Å². The standard InChI is InChI=1S/C19H21N3O3S/c1-2-19(23)21-16-10-12-22(13-11-16)26(24,25)17-8-9-18(20-14-17)15-6-4-3-5-7-15/h2-9,14,16H,1,10-13H2,(H,21,23). The van der Waals surface area contributed by atoms with E-state index in [-0.39, 0.29) is 16.8 Å². The number of carbonyl (C=O) groups excluding carboxylic acids is 1. The second-order valence-corrected chi connectivity index (χ2v) is 8.07. The maximum Gasteiger partial charge on any atom is 0.244 e. The minimum Gasteiger partial charge on any atom is -0.350 e. The van der Waals surface area contributed by atoms with E-state index in [0.717, 1.165) is 11.3 Å². The van der Waals surface area contributed by atoms with E-state index in [1.54, 1.807) is 12.1 Å². The molecule has 0 radical (unpaired) electrons. The summed E-state index contributed by atoms with van der Waals surface area (Å²) < 4.78 is 27.1. The molecule has 7 heteroatoms. The van der Waals surface area contributed by atoms with Gasteiger partial charge >= 0.3 is 0 Å². The van der Waals surface area contributed by atoms with E-state index < -0.39 is 10.0 Å². The van der Waals surface area contributed by atoms with Gasteiger partial charge in [0.25, 0.3) is 0 Å². The number of piperidine rings is 1. The average molecular weight is 371 g/mol. The molecular formula is C19H21N3O3S. The topological polar surface area (TPSA) is 79.4 Å². The van der Waals surface area contributed by atoms with Gasteiger partial charge in [-0.2, -0.15) is 4.31 Å². The summed E-state index contributed by atoms with van der Waals surface area (Å²) in [6.07, 6.45) is 3.79. The number of pyridine rings is 1. The third kappa shape index (κ3) is 4.00. The average Bonchev–Trinajstić information content (AvgIpc) is 2.69. The first-order valence-corrected chi connectivity index (χ1v) is 9.89. The van der Waals surface area contributed by atoms with Crippen molar-refractivity contribution >= 4 is 15.9 Å². The summed E-state index contributed by atoms with van der Waals surface area (Å²) >= 11 is 0. The van der Waals surface area contributed by atoms with Gasteiger partial charge < -0.3 is 5.32 Å². The minimum atomic E-state index is -3.58. The molecule has 6 nitrogen and oxygen atoms in total. The van der Waals surface area contributed by atoms with Crippen molar-refractivity contribution in [2.24, 2.45) is 0 Å². The second kappa shape index (κ2) is 7.80. The quantitative estimate of drug-likeness (QED) is 0.817. The van der Waals surface area contributed by atoms with E-state index in [1.807, 2.05) is 30.3 Å². The highest BCUT2D eigenvalue weighted by molar-refractivity contribution is 7.89. The molecule has 2 aromatic rings. The molecule has 0 bridgehead atoms. The Bertz CT molecular complexity index is 872. The Morgan fingerprint density at radius 3 is 2.42 bits per heavy atom. The number of sulfonamides is 1. The van der Waals surface area contributed by atoms with Crippen LogP contribution in [-0.2, 0) is 14.8 Å². The molecule has 3 rings (SSSR count). The Kier molecular flexibility index (Phi) is 5.49. The third-order valence-corrected chi connectivity index (χ3v) is 6.31. The molecular weight excluding hydrogens is 350 g/mol. The Morgan fingerprint density at radius 2 is 1.85 bits per heavy atom. The fraction of sp³-hybridized carbons (Fsp3) is 0.263. The van der Waals surface area contributed by atoms with Crippen molar-refractivity contribution in [1.29, 1.82) is 0 Å². The maximum absolute atomic E-state index is 12.8. The highest BCUT2D eigenvalue weighted by Gasteiger charge is 2.30. The zero-order valence-corrected chi connectivity index (χ0v) is 15.2. The molecule has 0 spiro atoms. The van der Waals surface area contributed by atoms with Crippen LogP contribution in [0.25, 0.3) is 11.3 Å². The van der Waals surface area contributed by atoms with Crippen LogP contribution < -0.4 is 5.32 Å². The third-order valence-electron chi connectivity index (χ3n) is 4.43. The summed E-state index contributed by atoms with van der Waals surface area (Å²) in [7, 11) is -3.58. The summed E-state index contributed by atoms with van der Waals surface area (Å²) in [6, 6.07) is 12.9. The van der Waals surface area contributed by atoms with Gasteiger partial charge in [-0.3, -0.25) is 9.78 Å². The van der Waals surface area contributed by atoms with Gasteiger partial charge in [0.15, 0.2) is 0 Å². The molecule has 136 valence electrons. The summed E-state index contributed by atoms with van der Waals surface area (Å²) in [5.41, 5.74) is 1.67. The molecule has 2 heterocycles. The van der Waals surface area contributed by atoms with Crippen LogP contribution in [0.2, 0.25) is 0 Å². The first-order valence-electron chi connectivity index (χ1n) is 8.45. The van der Waals surface area contributed by atoms with E-state index in [9.17, 15) is 13.2 Å². The van der Waals surface area contributed by atoms with Crippen molar-refractivity contribution in [3.63, 3.8) is 0 Å². The lowest BCUT2D eigenvalue weighted by Crippen LogP contribution is -2.46. The fourth-order valence-electron chi connectivity index (χ4n) is 2.96. The fourth-order valence-corrected chi connectivity index (χ4v) is 4.38. The van der Waals surface area contributed by atoms with Crippen molar-refractivity contribution in [2.45, 2.75) is 23.8 Å². The SMILES string of the molecule is C=CC(=O)NC1CCN(S(=O)(=O)c2ccc(-c3ccccc3)nc2)CC1. The lowest BCUT2D eigenvalue weighted by atomic mass is 10.1. The maximum atomic E-state index is 12.8. The van der Waals surface area contributed by atoms with Crippen LogP contribution in [-0.4, -0.2) is 42.7 Å². The second-order valence-electron chi connectivity index (χ2n) is 6.14. The molecule has 1 fully saturated rings. The highest BCUT2D eigenvalue weighted by Crippen LogP contribution is 2.23. The van der Waals surface area contributed by atoms with Crippen molar-refractivity contribution in [2.75, 3.05) is 13.1 Å². The van der Waals surface area contributed by atoms with Crippen molar-refractivity contribution in [3.8, 4) is 11.3 Å². The smallest absolute Gasteiger partial charge is 0.244 e. The summed E-state index contributed by atoms with van der Waals surface area (Å²) in [5, 5.41) is 2.82.